The smallest absolute Gasteiger partial charge is 0.223 e. The lowest BCUT2D eigenvalue weighted by Crippen LogP contribution is -2.21. The predicted octanol–water partition coefficient (Wildman–Crippen LogP) is -0.706. The normalized spacial score (nSPS) is 10.7. The molecule has 0 atom stereocenters. The Hall–Kier alpha value is -0.940. The summed E-state index contributed by atoms with van der Waals surface area (Å²) in [5.74, 6) is 0.818. The van der Waals surface area contributed by atoms with E-state index in [9.17, 15) is 0 Å². The molecule has 0 saturated heterocycles. The summed E-state index contributed by atoms with van der Waals surface area (Å²) in [6, 6.07) is 0. The lowest BCUT2D eigenvalue weighted by atomic mass is 10.5. The van der Waals surface area contributed by atoms with Gasteiger partial charge in [-0.15, -0.1) is 0 Å². The molecule has 0 spiro atoms. The Labute approximate surface area is 52.0 Å². The maximum absolute atomic E-state index is 5.22. The van der Waals surface area contributed by atoms with Crippen molar-refractivity contribution in [2.24, 2.45) is 11.5 Å². The number of nitrogens with two attached hydrogens (primary N) is 2. The van der Waals surface area contributed by atoms with E-state index >= 15 is 0 Å². The standard InChI is InChI=1S/C4H8N4O/c1-2-7-4(3(5)6)8-9-2/h3H,5-6H2,1H3. The molecule has 0 radical (unpaired) electrons. The van der Waals surface area contributed by atoms with Crippen molar-refractivity contribution in [3.8, 4) is 0 Å². The maximum atomic E-state index is 5.22. The highest BCUT2D eigenvalue weighted by molar-refractivity contribution is 4.87. The molecule has 50 valence electrons. The number of rotatable bonds is 1. The van der Waals surface area contributed by atoms with Gasteiger partial charge in [-0.1, -0.05) is 5.16 Å². The second-order valence-electron chi connectivity index (χ2n) is 1.70. The van der Waals surface area contributed by atoms with Crippen molar-refractivity contribution in [2.45, 2.75) is 13.1 Å². The Bertz CT molecular complexity index is 194. The van der Waals surface area contributed by atoms with Gasteiger partial charge in [0.2, 0.25) is 11.7 Å². The fraction of sp³-hybridized carbons (Fsp3) is 0.500. The van der Waals surface area contributed by atoms with Gasteiger partial charge in [0, 0.05) is 6.92 Å². The van der Waals surface area contributed by atoms with E-state index in [1.807, 2.05) is 0 Å². The number of aromatic nitrogens is 2. The van der Waals surface area contributed by atoms with Crippen LogP contribution in [0, 0.1) is 6.92 Å². The first-order chi connectivity index (χ1) is 4.20. The summed E-state index contributed by atoms with van der Waals surface area (Å²) in [5, 5.41) is 3.48. The summed E-state index contributed by atoms with van der Waals surface area (Å²) >= 11 is 0. The largest absolute Gasteiger partial charge is 0.340 e. The third kappa shape index (κ3) is 1.24. The highest BCUT2D eigenvalue weighted by Crippen LogP contribution is 1.97. The highest BCUT2D eigenvalue weighted by atomic mass is 16.5. The van der Waals surface area contributed by atoms with Crippen LogP contribution in [0.3, 0.4) is 0 Å². The molecule has 9 heavy (non-hydrogen) atoms. The zero-order chi connectivity index (χ0) is 6.85. The second-order valence-corrected chi connectivity index (χ2v) is 1.70. The van der Waals surface area contributed by atoms with Gasteiger partial charge in [-0.25, -0.2) is 0 Å². The van der Waals surface area contributed by atoms with E-state index in [0.717, 1.165) is 0 Å². The van der Waals surface area contributed by atoms with Crippen LogP contribution in [0.15, 0.2) is 4.52 Å². The van der Waals surface area contributed by atoms with E-state index in [-0.39, 0.29) is 0 Å². The van der Waals surface area contributed by atoms with Crippen molar-refractivity contribution in [3.05, 3.63) is 11.7 Å². The van der Waals surface area contributed by atoms with E-state index < -0.39 is 6.17 Å². The third-order valence-corrected chi connectivity index (χ3v) is 0.841. The van der Waals surface area contributed by atoms with E-state index in [1.165, 1.54) is 0 Å². The van der Waals surface area contributed by atoms with E-state index in [2.05, 4.69) is 14.7 Å². The van der Waals surface area contributed by atoms with Gasteiger partial charge < -0.3 is 16.0 Å². The summed E-state index contributed by atoms with van der Waals surface area (Å²) < 4.78 is 4.60. The summed E-state index contributed by atoms with van der Waals surface area (Å²) in [4.78, 5) is 3.78. The fourth-order valence-corrected chi connectivity index (χ4v) is 0.450. The van der Waals surface area contributed by atoms with Crippen molar-refractivity contribution < 1.29 is 4.52 Å². The summed E-state index contributed by atoms with van der Waals surface area (Å²) in [7, 11) is 0. The highest BCUT2D eigenvalue weighted by Gasteiger charge is 2.05. The van der Waals surface area contributed by atoms with Gasteiger partial charge in [0.25, 0.3) is 0 Å². The van der Waals surface area contributed by atoms with Gasteiger partial charge in [0.15, 0.2) is 0 Å². The van der Waals surface area contributed by atoms with Gasteiger partial charge >= 0.3 is 0 Å². The SMILES string of the molecule is Cc1nc(C(N)N)no1. The van der Waals surface area contributed by atoms with Crippen molar-refractivity contribution in [2.75, 3.05) is 0 Å². The number of hydrogen-bond acceptors (Lipinski definition) is 5. The minimum absolute atomic E-state index is 0.340. The summed E-state index contributed by atoms with van der Waals surface area (Å²) in [6.45, 7) is 1.68. The molecule has 1 rings (SSSR count). The molecule has 0 aliphatic heterocycles. The van der Waals surface area contributed by atoms with Gasteiger partial charge in [-0.2, -0.15) is 4.98 Å². The minimum Gasteiger partial charge on any atom is -0.340 e. The van der Waals surface area contributed by atoms with Gasteiger partial charge in [-0.05, 0) is 0 Å². The minimum atomic E-state index is -0.637. The molecule has 5 heteroatoms. The zero-order valence-corrected chi connectivity index (χ0v) is 5.03. The number of nitrogens with zero attached hydrogens (tertiary/aromatic N) is 2. The summed E-state index contributed by atoms with van der Waals surface area (Å²) in [5.41, 5.74) is 10.4. The van der Waals surface area contributed by atoms with Crippen LogP contribution < -0.4 is 11.5 Å². The van der Waals surface area contributed by atoms with E-state index in [4.69, 9.17) is 11.5 Å². The van der Waals surface area contributed by atoms with Crippen LogP contribution in [0.1, 0.15) is 17.9 Å². The van der Waals surface area contributed by atoms with Crippen LogP contribution in [-0.2, 0) is 0 Å². The number of hydrogen-bond donors (Lipinski definition) is 2. The zero-order valence-electron chi connectivity index (χ0n) is 5.03. The number of aryl methyl sites for hydroxylation is 1. The predicted molar refractivity (Wildman–Crippen MR) is 30.2 cm³/mol. The molecule has 5 nitrogen and oxygen atoms in total. The van der Waals surface area contributed by atoms with Gasteiger partial charge in [-0.3, -0.25) is 0 Å². The van der Waals surface area contributed by atoms with Crippen molar-refractivity contribution in [1.82, 2.24) is 10.1 Å². The molecule has 0 aromatic carbocycles. The topological polar surface area (TPSA) is 91.0 Å². The van der Waals surface area contributed by atoms with Crippen molar-refractivity contribution in [1.29, 1.82) is 0 Å². The first-order valence-electron chi connectivity index (χ1n) is 2.51. The molecule has 0 amide bonds. The first kappa shape index (κ1) is 6.18. The van der Waals surface area contributed by atoms with Crippen LogP contribution >= 0.6 is 0 Å². The Morgan fingerprint density at radius 2 is 2.22 bits per heavy atom. The molecule has 0 unspecified atom stereocenters. The maximum Gasteiger partial charge on any atom is 0.223 e. The Morgan fingerprint density at radius 3 is 2.44 bits per heavy atom. The molecule has 1 heterocycles. The molecular weight excluding hydrogens is 120 g/mol. The van der Waals surface area contributed by atoms with Crippen LogP contribution in [0.5, 0.6) is 0 Å². The molecule has 0 saturated carbocycles. The monoisotopic (exact) mass is 128 g/mol. The molecule has 4 N–H and O–H groups in total. The Kier molecular flexibility index (Phi) is 1.46. The van der Waals surface area contributed by atoms with Gasteiger partial charge in [0.05, 0.1) is 0 Å². The van der Waals surface area contributed by atoms with Crippen LogP contribution in [0.2, 0.25) is 0 Å². The van der Waals surface area contributed by atoms with Crippen LogP contribution in [0.4, 0.5) is 0 Å². The molecule has 0 aliphatic rings. The molecule has 0 fully saturated rings. The molecule has 1 aromatic rings. The van der Waals surface area contributed by atoms with E-state index in [1.54, 1.807) is 6.92 Å². The quantitative estimate of drug-likeness (QED) is 0.488. The Morgan fingerprint density at radius 1 is 1.56 bits per heavy atom. The molecule has 0 aliphatic carbocycles. The van der Waals surface area contributed by atoms with E-state index in [0.29, 0.717) is 11.7 Å². The lowest BCUT2D eigenvalue weighted by molar-refractivity contribution is 0.384. The first-order valence-corrected chi connectivity index (χ1v) is 2.51. The molecule has 1 aromatic heterocycles. The third-order valence-electron chi connectivity index (χ3n) is 0.841. The second kappa shape index (κ2) is 2.12. The average molecular weight is 128 g/mol. The average Bonchev–Trinajstić information content (AvgIpc) is 2.14. The molecule has 0 bridgehead atoms. The van der Waals surface area contributed by atoms with Crippen LogP contribution in [-0.4, -0.2) is 10.1 Å². The lowest BCUT2D eigenvalue weighted by Gasteiger charge is -1.92. The van der Waals surface area contributed by atoms with Crippen molar-refractivity contribution in [3.63, 3.8) is 0 Å². The summed E-state index contributed by atoms with van der Waals surface area (Å²) in [6.07, 6.45) is -0.637. The van der Waals surface area contributed by atoms with Crippen LogP contribution in [0.25, 0.3) is 0 Å². The fourth-order valence-electron chi connectivity index (χ4n) is 0.450. The van der Waals surface area contributed by atoms with Crippen molar-refractivity contribution >= 4 is 0 Å². The van der Waals surface area contributed by atoms with Gasteiger partial charge in [0.1, 0.15) is 6.17 Å². The Balaban J connectivity index is 2.85. The molecular formula is C4H8N4O.